The van der Waals surface area contributed by atoms with Crippen LogP contribution in [0.1, 0.15) is 26.3 Å². The first-order valence-corrected chi connectivity index (χ1v) is 6.86. The molecule has 2 rings (SSSR count). The number of carbonyl (C=O) groups excluding carboxylic acids is 2. The predicted octanol–water partition coefficient (Wildman–Crippen LogP) is 1.84. The average molecular weight is 296 g/mol. The van der Waals surface area contributed by atoms with E-state index in [1.807, 2.05) is 13.8 Å². The fourth-order valence-corrected chi connectivity index (χ4v) is 2.36. The van der Waals surface area contributed by atoms with Crippen LogP contribution in [0.15, 0.2) is 18.2 Å². The summed E-state index contributed by atoms with van der Waals surface area (Å²) in [6, 6.07) is 1.74. The molecule has 2 unspecified atom stereocenters. The van der Waals surface area contributed by atoms with Crippen LogP contribution < -0.4 is 5.32 Å². The Morgan fingerprint density at radius 1 is 1.29 bits per heavy atom. The first kappa shape index (κ1) is 15.4. The number of piperazine rings is 1. The lowest BCUT2D eigenvalue weighted by Gasteiger charge is -2.38. The SMILES string of the molecule is CC(C)C1NC(=O)C(C)N(Cc2cc(F)ccc2F)C1=O. The zero-order chi connectivity index (χ0) is 15.7. The standard InChI is InChI=1S/C15H18F2N2O2/c1-8(2)13-15(21)19(9(3)14(20)18-13)7-10-6-11(16)4-5-12(10)17/h4-6,8-9,13H,7H2,1-3H3,(H,18,20). The molecule has 21 heavy (non-hydrogen) atoms. The van der Waals surface area contributed by atoms with Crippen LogP contribution in [-0.4, -0.2) is 28.8 Å². The van der Waals surface area contributed by atoms with Crippen LogP contribution in [0.5, 0.6) is 0 Å². The van der Waals surface area contributed by atoms with E-state index in [0.29, 0.717) is 0 Å². The van der Waals surface area contributed by atoms with Gasteiger partial charge in [0.05, 0.1) is 0 Å². The smallest absolute Gasteiger partial charge is 0.246 e. The molecule has 1 saturated heterocycles. The average Bonchev–Trinajstić information content (AvgIpc) is 2.42. The van der Waals surface area contributed by atoms with Gasteiger partial charge < -0.3 is 10.2 Å². The summed E-state index contributed by atoms with van der Waals surface area (Å²) in [6.07, 6.45) is 0. The van der Waals surface area contributed by atoms with Crippen molar-refractivity contribution in [1.29, 1.82) is 0 Å². The van der Waals surface area contributed by atoms with Crippen molar-refractivity contribution in [3.05, 3.63) is 35.4 Å². The number of hydrogen-bond donors (Lipinski definition) is 1. The lowest BCUT2D eigenvalue weighted by Crippen LogP contribution is -2.63. The van der Waals surface area contributed by atoms with Crippen molar-refractivity contribution < 1.29 is 18.4 Å². The minimum absolute atomic E-state index is 0.0624. The summed E-state index contributed by atoms with van der Waals surface area (Å²) in [4.78, 5) is 25.6. The normalized spacial score (nSPS) is 22.7. The lowest BCUT2D eigenvalue weighted by molar-refractivity contribution is -0.150. The molecule has 1 aromatic rings. The molecule has 4 nitrogen and oxygen atoms in total. The second-order valence-electron chi connectivity index (χ2n) is 5.61. The van der Waals surface area contributed by atoms with Crippen molar-refractivity contribution in [2.24, 2.45) is 5.92 Å². The van der Waals surface area contributed by atoms with Gasteiger partial charge in [-0.05, 0) is 31.0 Å². The van der Waals surface area contributed by atoms with E-state index < -0.39 is 23.7 Å². The van der Waals surface area contributed by atoms with E-state index in [-0.39, 0.29) is 29.8 Å². The monoisotopic (exact) mass is 296 g/mol. The van der Waals surface area contributed by atoms with E-state index in [2.05, 4.69) is 5.32 Å². The third kappa shape index (κ3) is 3.04. The topological polar surface area (TPSA) is 49.4 Å². The van der Waals surface area contributed by atoms with Gasteiger partial charge in [-0.1, -0.05) is 13.8 Å². The van der Waals surface area contributed by atoms with E-state index >= 15 is 0 Å². The minimum Gasteiger partial charge on any atom is -0.342 e. The Hall–Kier alpha value is -1.98. The van der Waals surface area contributed by atoms with Gasteiger partial charge in [-0.15, -0.1) is 0 Å². The highest BCUT2D eigenvalue weighted by atomic mass is 19.1. The van der Waals surface area contributed by atoms with E-state index in [1.54, 1.807) is 6.92 Å². The van der Waals surface area contributed by atoms with Crippen LogP contribution in [0, 0.1) is 17.6 Å². The van der Waals surface area contributed by atoms with E-state index in [1.165, 1.54) is 4.90 Å². The number of nitrogens with one attached hydrogen (secondary N) is 1. The summed E-state index contributed by atoms with van der Waals surface area (Å²) in [7, 11) is 0. The number of hydrogen-bond acceptors (Lipinski definition) is 2. The zero-order valence-electron chi connectivity index (χ0n) is 12.2. The number of halogens is 2. The first-order valence-electron chi connectivity index (χ1n) is 6.86. The molecule has 2 amide bonds. The second kappa shape index (κ2) is 5.79. The molecule has 0 bridgehead atoms. The molecular weight excluding hydrogens is 278 g/mol. The summed E-state index contributed by atoms with van der Waals surface area (Å²) in [6.45, 7) is 5.08. The fourth-order valence-electron chi connectivity index (χ4n) is 2.36. The molecule has 114 valence electrons. The third-order valence-corrected chi connectivity index (χ3v) is 3.71. The summed E-state index contributed by atoms with van der Waals surface area (Å²) in [5, 5.41) is 2.66. The fraction of sp³-hybridized carbons (Fsp3) is 0.467. The van der Waals surface area contributed by atoms with Crippen molar-refractivity contribution in [1.82, 2.24) is 10.2 Å². The number of benzene rings is 1. The third-order valence-electron chi connectivity index (χ3n) is 3.71. The molecular formula is C15H18F2N2O2. The Kier molecular flexibility index (Phi) is 4.25. The summed E-state index contributed by atoms with van der Waals surface area (Å²) in [5.74, 6) is -1.81. The molecule has 0 spiro atoms. The van der Waals surface area contributed by atoms with Crippen LogP contribution in [0.25, 0.3) is 0 Å². The van der Waals surface area contributed by atoms with Gasteiger partial charge in [0.2, 0.25) is 11.8 Å². The van der Waals surface area contributed by atoms with Crippen molar-refractivity contribution >= 4 is 11.8 Å². The quantitative estimate of drug-likeness (QED) is 0.925. The van der Waals surface area contributed by atoms with E-state index in [0.717, 1.165) is 18.2 Å². The number of amides is 2. The van der Waals surface area contributed by atoms with Gasteiger partial charge in [0.15, 0.2) is 0 Å². The van der Waals surface area contributed by atoms with E-state index in [9.17, 15) is 18.4 Å². The van der Waals surface area contributed by atoms with Gasteiger partial charge in [0.25, 0.3) is 0 Å². The molecule has 0 aliphatic carbocycles. The minimum atomic E-state index is -0.713. The Bertz CT molecular complexity index is 575. The Labute approximate surface area is 122 Å². The van der Waals surface area contributed by atoms with Gasteiger partial charge in [-0.2, -0.15) is 0 Å². The maximum atomic E-state index is 13.7. The first-order chi connectivity index (χ1) is 9.81. The maximum Gasteiger partial charge on any atom is 0.246 e. The van der Waals surface area contributed by atoms with Crippen molar-refractivity contribution in [2.75, 3.05) is 0 Å². The number of rotatable bonds is 3. The van der Waals surface area contributed by atoms with Crippen LogP contribution in [0.4, 0.5) is 8.78 Å². The Morgan fingerprint density at radius 3 is 2.57 bits per heavy atom. The molecule has 1 aliphatic rings. The van der Waals surface area contributed by atoms with Crippen molar-refractivity contribution in [2.45, 2.75) is 39.4 Å². The summed E-state index contributed by atoms with van der Waals surface area (Å²) >= 11 is 0. The van der Waals surface area contributed by atoms with Crippen LogP contribution in [0.3, 0.4) is 0 Å². The summed E-state index contributed by atoms with van der Waals surface area (Å²) in [5.41, 5.74) is 0.0624. The Morgan fingerprint density at radius 2 is 1.95 bits per heavy atom. The second-order valence-corrected chi connectivity index (χ2v) is 5.61. The molecule has 1 aromatic carbocycles. The molecule has 0 saturated carbocycles. The predicted molar refractivity (Wildman–Crippen MR) is 73.1 cm³/mol. The molecule has 1 aliphatic heterocycles. The maximum absolute atomic E-state index is 13.7. The van der Waals surface area contributed by atoms with Gasteiger partial charge in [0, 0.05) is 12.1 Å². The lowest BCUT2D eigenvalue weighted by atomic mass is 9.98. The van der Waals surface area contributed by atoms with Crippen molar-refractivity contribution in [3.8, 4) is 0 Å². The van der Waals surface area contributed by atoms with Gasteiger partial charge in [0.1, 0.15) is 23.7 Å². The number of nitrogens with zero attached hydrogens (tertiary/aromatic N) is 1. The molecule has 2 atom stereocenters. The van der Waals surface area contributed by atoms with Gasteiger partial charge in [-0.25, -0.2) is 8.78 Å². The molecule has 1 heterocycles. The van der Waals surface area contributed by atoms with Crippen LogP contribution in [-0.2, 0) is 16.1 Å². The van der Waals surface area contributed by atoms with Crippen LogP contribution >= 0.6 is 0 Å². The summed E-state index contributed by atoms with van der Waals surface area (Å²) < 4.78 is 27.0. The highest BCUT2D eigenvalue weighted by Gasteiger charge is 2.39. The highest BCUT2D eigenvalue weighted by molar-refractivity contribution is 5.96. The van der Waals surface area contributed by atoms with Gasteiger partial charge in [-0.3, -0.25) is 9.59 Å². The molecule has 0 radical (unpaired) electrons. The largest absolute Gasteiger partial charge is 0.342 e. The van der Waals surface area contributed by atoms with E-state index in [4.69, 9.17) is 0 Å². The number of carbonyl (C=O) groups is 2. The Balaban J connectivity index is 2.29. The van der Waals surface area contributed by atoms with Crippen molar-refractivity contribution in [3.63, 3.8) is 0 Å². The molecule has 6 heteroatoms. The van der Waals surface area contributed by atoms with Crippen LogP contribution in [0.2, 0.25) is 0 Å². The molecule has 1 fully saturated rings. The molecule has 1 N–H and O–H groups in total. The zero-order valence-corrected chi connectivity index (χ0v) is 12.2. The van der Waals surface area contributed by atoms with Gasteiger partial charge >= 0.3 is 0 Å². The highest BCUT2D eigenvalue weighted by Crippen LogP contribution is 2.20. The molecule has 0 aromatic heterocycles.